The van der Waals surface area contributed by atoms with Crippen molar-refractivity contribution in [3.8, 4) is 5.75 Å². The fourth-order valence-corrected chi connectivity index (χ4v) is 3.34. The Balaban J connectivity index is 2.35. The molecule has 0 fully saturated rings. The molecule has 2 heterocycles. The molecule has 0 saturated carbocycles. The molecule has 3 amide bonds. The second-order valence-corrected chi connectivity index (χ2v) is 8.10. The number of hydrogen-bond donors (Lipinski definition) is 3. The van der Waals surface area contributed by atoms with E-state index in [0.29, 0.717) is 17.7 Å². The lowest BCUT2D eigenvalue weighted by Crippen LogP contribution is -2.54. The van der Waals surface area contributed by atoms with Crippen LogP contribution in [0.15, 0.2) is 24.3 Å². The molecule has 3 N–H and O–H groups in total. The van der Waals surface area contributed by atoms with Crippen molar-refractivity contribution in [3.63, 3.8) is 0 Å². The van der Waals surface area contributed by atoms with E-state index >= 15 is 0 Å². The lowest BCUT2D eigenvalue weighted by Gasteiger charge is -2.29. The minimum atomic E-state index is -1.18. The van der Waals surface area contributed by atoms with Crippen LogP contribution < -0.4 is 15.4 Å². The molecule has 2 atom stereocenters. The van der Waals surface area contributed by atoms with E-state index in [1.54, 1.807) is 24.3 Å². The van der Waals surface area contributed by atoms with Gasteiger partial charge in [0.1, 0.15) is 17.8 Å². The normalized spacial score (nSPS) is 20.6. The van der Waals surface area contributed by atoms with Gasteiger partial charge in [-0.15, -0.1) is 0 Å². The highest BCUT2D eigenvalue weighted by Gasteiger charge is 2.29. The molecule has 2 aliphatic rings. The second kappa shape index (κ2) is 12.0. The fraction of sp³-hybridized carbons (Fsp3) is 0.545. The van der Waals surface area contributed by atoms with E-state index < -0.39 is 35.8 Å². The monoisotopic (exact) mass is 449 g/mol. The average Bonchev–Trinajstić information content (AvgIpc) is 2.73. The van der Waals surface area contributed by atoms with Gasteiger partial charge in [0.25, 0.3) is 5.91 Å². The van der Waals surface area contributed by atoms with Gasteiger partial charge in [0.05, 0.1) is 13.2 Å². The van der Waals surface area contributed by atoms with Crippen molar-refractivity contribution >= 4 is 23.7 Å². The Hall–Kier alpha value is -3.14. The summed E-state index contributed by atoms with van der Waals surface area (Å²) in [4.78, 5) is 51.2. The van der Waals surface area contributed by atoms with Gasteiger partial charge >= 0.3 is 5.97 Å². The van der Waals surface area contributed by atoms with E-state index in [-0.39, 0.29) is 38.6 Å². The largest absolute Gasteiger partial charge is 0.484 e. The molecule has 0 aromatic heterocycles. The standard InChI is InChI=1S/C22H31N3O7/c1-14(2)10-17-21(28)25(8-9-31-3)12-19(26)24-18(22(29)30)11-15-4-6-16(7-5-15)32-13-20(27)23-17/h4-7,14,17-18H,8-13H2,1-3H3,(H,23,27)(H,24,26)(H,29,30)/t17-,18-/m0/s1. The number of rotatable bonds is 6. The van der Waals surface area contributed by atoms with Crippen LogP contribution in [0.1, 0.15) is 25.8 Å². The number of fused-ring (bicyclic) bond motifs is 13. The Kier molecular flexibility index (Phi) is 9.45. The highest BCUT2D eigenvalue weighted by Crippen LogP contribution is 2.15. The van der Waals surface area contributed by atoms with Gasteiger partial charge in [0, 0.05) is 20.1 Å². The molecule has 10 nitrogen and oxygen atoms in total. The molecule has 0 aliphatic carbocycles. The molecule has 1 aromatic rings. The maximum absolute atomic E-state index is 13.2. The number of hydrogen-bond acceptors (Lipinski definition) is 6. The highest BCUT2D eigenvalue weighted by atomic mass is 16.5. The van der Waals surface area contributed by atoms with Crippen LogP contribution in [0.5, 0.6) is 5.75 Å². The maximum Gasteiger partial charge on any atom is 0.326 e. The Morgan fingerprint density at radius 1 is 1.19 bits per heavy atom. The van der Waals surface area contributed by atoms with Crippen LogP contribution in [-0.2, 0) is 30.3 Å². The Labute approximate surface area is 187 Å². The van der Waals surface area contributed by atoms with Crippen molar-refractivity contribution in [1.29, 1.82) is 0 Å². The number of benzene rings is 1. The number of carboxylic acids is 1. The summed E-state index contributed by atoms with van der Waals surface area (Å²) in [7, 11) is 1.47. The topological polar surface area (TPSA) is 134 Å². The van der Waals surface area contributed by atoms with Crippen molar-refractivity contribution < 1.29 is 33.8 Å². The Morgan fingerprint density at radius 2 is 1.88 bits per heavy atom. The summed E-state index contributed by atoms with van der Waals surface area (Å²) < 4.78 is 10.6. The summed E-state index contributed by atoms with van der Waals surface area (Å²) in [6.45, 7) is 3.49. The number of nitrogens with one attached hydrogen (secondary N) is 2. The summed E-state index contributed by atoms with van der Waals surface area (Å²) in [5.74, 6) is -2.16. The van der Waals surface area contributed by atoms with Crippen molar-refractivity contribution in [2.45, 2.75) is 38.8 Å². The number of methoxy groups -OCH3 is 1. The number of amides is 3. The van der Waals surface area contributed by atoms with Crippen LogP contribution in [0.3, 0.4) is 0 Å². The summed E-state index contributed by atoms with van der Waals surface area (Å²) in [6.07, 6.45) is 0.423. The second-order valence-electron chi connectivity index (χ2n) is 8.10. The lowest BCUT2D eigenvalue weighted by molar-refractivity contribution is -0.143. The molecule has 10 heteroatoms. The van der Waals surface area contributed by atoms with Gasteiger partial charge in [-0.05, 0) is 30.0 Å². The average molecular weight is 450 g/mol. The van der Waals surface area contributed by atoms with Crippen LogP contribution in [0.4, 0.5) is 0 Å². The van der Waals surface area contributed by atoms with Gasteiger partial charge in [-0.25, -0.2) is 4.79 Å². The molecule has 0 spiro atoms. The first-order valence-electron chi connectivity index (χ1n) is 10.5. The summed E-state index contributed by atoms with van der Waals surface area (Å²) in [5, 5.41) is 14.7. The molecule has 176 valence electrons. The zero-order valence-corrected chi connectivity index (χ0v) is 18.6. The van der Waals surface area contributed by atoms with Crippen LogP contribution in [0.2, 0.25) is 0 Å². The molecular weight excluding hydrogens is 418 g/mol. The quantitative estimate of drug-likeness (QED) is 0.528. The zero-order chi connectivity index (χ0) is 23.7. The summed E-state index contributed by atoms with van der Waals surface area (Å²) in [6, 6.07) is 4.58. The van der Waals surface area contributed by atoms with E-state index in [1.165, 1.54) is 12.0 Å². The smallest absolute Gasteiger partial charge is 0.326 e. The van der Waals surface area contributed by atoms with Gasteiger partial charge < -0.3 is 30.1 Å². The molecule has 0 unspecified atom stereocenters. The zero-order valence-electron chi connectivity index (χ0n) is 18.6. The third kappa shape index (κ3) is 7.84. The maximum atomic E-state index is 13.2. The number of carboxylic acid groups (broad SMARTS) is 1. The summed E-state index contributed by atoms with van der Waals surface area (Å²) >= 11 is 0. The van der Waals surface area contributed by atoms with Crippen LogP contribution >= 0.6 is 0 Å². The van der Waals surface area contributed by atoms with E-state index in [9.17, 15) is 24.3 Å². The van der Waals surface area contributed by atoms with E-state index in [4.69, 9.17) is 9.47 Å². The molecular formula is C22H31N3O7. The molecule has 1 aromatic carbocycles. The molecule has 2 aliphatic heterocycles. The van der Waals surface area contributed by atoms with Gasteiger partial charge in [-0.3, -0.25) is 14.4 Å². The molecule has 0 saturated heterocycles. The predicted octanol–water partition coefficient (Wildman–Crippen LogP) is 0.197. The van der Waals surface area contributed by atoms with E-state index in [0.717, 1.165) is 0 Å². The Morgan fingerprint density at radius 3 is 2.47 bits per heavy atom. The first kappa shape index (κ1) is 25.1. The summed E-state index contributed by atoms with van der Waals surface area (Å²) in [5.41, 5.74) is 0.672. The first-order chi connectivity index (χ1) is 15.2. The van der Waals surface area contributed by atoms with Gasteiger partial charge in [0.2, 0.25) is 11.8 Å². The number of carbonyl (C=O) groups is 4. The number of nitrogens with zero attached hydrogens (tertiary/aromatic N) is 1. The minimum Gasteiger partial charge on any atom is -0.484 e. The van der Waals surface area contributed by atoms with Crippen molar-refractivity contribution in [3.05, 3.63) is 29.8 Å². The van der Waals surface area contributed by atoms with Gasteiger partial charge in [-0.1, -0.05) is 26.0 Å². The van der Waals surface area contributed by atoms with Crippen molar-refractivity contribution in [2.24, 2.45) is 5.92 Å². The SMILES string of the molecule is COCCN1CC(=O)N[C@H](C(=O)O)Cc2ccc(cc2)OCC(=O)N[C@@H](CC(C)C)C1=O. The van der Waals surface area contributed by atoms with E-state index in [2.05, 4.69) is 10.6 Å². The fourth-order valence-electron chi connectivity index (χ4n) is 3.34. The van der Waals surface area contributed by atoms with E-state index in [1.807, 2.05) is 13.8 Å². The van der Waals surface area contributed by atoms with Crippen LogP contribution in [0.25, 0.3) is 0 Å². The highest BCUT2D eigenvalue weighted by molar-refractivity contribution is 5.92. The van der Waals surface area contributed by atoms with Crippen LogP contribution in [-0.4, -0.2) is 79.2 Å². The third-order valence-electron chi connectivity index (χ3n) is 4.92. The lowest BCUT2D eigenvalue weighted by atomic mass is 10.0. The number of carbonyl (C=O) groups excluding carboxylic acids is 3. The number of aliphatic carboxylic acids is 1. The Bertz CT molecular complexity index is 810. The molecule has 2 bridgehead atoms. The molecule has 32 heavy (non-hydrogen) atoms. The molecule has 3 rings (SSSR count). The first-order valence-corrected chi connectivity index (χ1v) is 10.5. The molecule has 0 radical (unpaired) electrons. The number of ether oxygens (including phenoxy) is 2. The van der Waals surface area contributed by atoms with Crippen LogP contribution in [0, 0.1) is 5.92 Å². The predicted molar refractivity (Wildman–Crippen MR) is 115 cm³/mol. The van der Waals surface area contributed by atoms with Crippen molar-refractivity contribution in [2.75, 3.05) is 33.4 Å². The van der Waals surface area contributed by atoms with Crippen molar-refractivity contribution in [1.82, 2.24) is 15.5 Å². The minimum absolute atomic E-state index is 0.0594. The van der Waals surface area contributed by atoms with Gasteiger partial charge in [-0.2, -0.15) is 0 Å². The van der Waals surface area contributed by atoms with Gasteiger partial charge in [0.15, 0.2) is 6.61 Å². The third-order valence-corrected chi connectivity index (χ3v) is 4.92.